The highest BCUT2D eigenvalue weighted by atomic mass is 16.5. The number of amides is 2. The zero-order valence-electron chi connectivity index (χ0n) is 22.8. The number of carbonyl (C=O) groups excluding carboxylic acids is 2. The Kier molecular flexibility index (Phi) is 7.82. The smallest absolute Gasteiger partial charge is 0.251 e. The van der Waals surface area contributed by atoms with Crippen LogP contribution in [0.5, 0.6) is 5.75 Å². The lowest BCUT2D eigenvalue weighted by Crippen LogP contribution is -2.62. The van der Waals surface area contributed by atoms with Crippen LogP contribution in [-0.2, 0) is 4.79 Å². The third-order valence-corrected chi connectivity index (χ3v) is 7.83. The summed E-state index contributed by atoms with van der Waals surface area (Å²) in [6, 6.07) is 14.4. The minimum Gasteiger partial charge on any atom is -0.487 e. The molecule has 1 unspecified atom stereocenters. The molecule has 2 aromatic carbocycles. The van der Waals surface area contributed by atoms with Crippen LogP contribution in [0.2, 0.25) is 0 Å². The van der Waals surface area contributed by atoms with Crippen LogP contribution in [-0.4, -0.2) is 33.8 Å². The maximum absolute atomic E-state index is 13.5. The largest absolute Gasteiger partial charge is 0.487 e. The molecular formula is C31H38N4O3. The summed E-state index contributed by atoms with van der Waals surface area (Å²) in [5, 5.41) is 15.2. The van der Waals surface area contributed by atoms with Crippen LogP contribution in [0.25, 0.3) is 0 Å². The van der Waals surface area contributed by atoms with Gasteiger partial charge in [0, 0.05) is 29.5 Å². The van der Waals surface area contributed by atoms with Gasteiger partial charge in [-0.1, -0.05) is 44.2 Å². The van der Waals surface area contributed by atoms with Gasteiger partial charge in [0.25, 0.3) is 5.91 Å². The molecule has 2 aliphatic rings. The fourth-order valence-corrected chi connectivity index (χ4v) is 5.59. The molecule has 200 valence electrons. The van der Waals surface area contributed by atoms with Gasteiger partial charge in [-0.05, 0) is 56.9 Å². The molecule has 0 bridgehead atoms. The van der Waals surface area contributed by atoms with Crippen LogP contribution < -0.4 is 15.4 Å². The van der Waals surface area contributed by atoms with Crippen molar-refractivity contribution in [1.29, 1.82) is 5.41 Å². The lowest BCUT2D eigenvalue weighted by molar-refractivity contribution is -0.132. The van der Waals surface area contributed by atoms with Gasteiger partial charge in [0.1, 0.15) is 11.4 Å². The number of hydrogen-bond acceptors (Lipinski definition) is 4. The third-order valence-electron chi connectivity index (χ3n) is 7.83. The number of nitrogens with zero attached hydrogens (tertiary/aromatic N) is 1. The minimum absolute atomic E-state index is 0.0860. The molecule has 0 aromatic heterocycles. The number of para-hydroxylation sites is 1. The number of fused-ring (bicyclic) bond motifs is 1. The molecule has 0 aliphatic carbocycles. The van der Waals surface area contributed by atoms with Crippen LogP contribution in [0.4, 0.5) is 0 Å². The molecule has 0 spiro atoms. The number of terminal acetylenes is 1. The number of ether oxygens (including phenoxy) is 1. The van der Waals surface area contributed by atoms with E-state index >= 15 is 0 Å². The zero-order valence-corrected chi connectivity index (χ0v) is 22.8. The van der Waals surface area contributed by atoms with Crippen molar-refractivity contribution < 1.29 is 14.3 Å². The van der Waals surface area contributed by atoms with Crippen LogP contribution in [0.3, 0.4) is 0 Å². The first-order valence-corrected chi connectivity index (χ1v) is 13.4. The van der Waals surface area contributed by atoms with Crippen LogP contribution >= 0.6 is 0 Å². The lowest BCUT2D eigenvalue weighted by atomic mass is 9.85. The maximum Gasteiger partial charge on any atom is 0.251 e. The molecule has 4 rings (SSSR count). The van der Waals surface area contributed by atoms with Crippen LogP contribution in [0.1, 0.15) is 99.8 Å². The molecule has 2 aromatic rings. The zero-order chi connectivity index (χ0) is 27.5. The summed E-state index contributed by atoms with van der Waals surface area (Å²) in [4.78, 5) is 28.4. The topological polar surface area (TPSA) is 94.5 Å². The molecule has 1 fully saturated rings. The van der Waals surface area contributed by atoms with E-state index < -0.39 is 17.2 Å². The first kappa shape index (κ1) is 27.3. The second-order valence-corrected chi connectivity index (χ2v) is 10.9. The molecule has 2 amide bonds. The summed E-state index contributed by atoms with van der Waals surface area (Å²) in [6.07, 6.45) is 8.98. The second kappa shape index (κ2) is 10.9. The van der Waals surface area contributed by atoms with Gasteiger partial charge in [0.05, 0.1) is 18.5 Å². The molecule has 3 N–H and O–H groups in total. The Morgan fingerprint density at radius 3 is 2.66 bits per heavy atom. The highest BCUT2D eigenvalue weighted by molar-refractivity contribution is 6.00. The molecule has 7 nitrogen and oxygen atoms in total. The van der Waals surface area contributed by atoms with Crippen molar-refractivity contribution in [2.45, 2.75) is 89.4 Å². The summed E-state index contributed by atoms with van der Waals surface area (Å²) >= 11 is 0. The quantitative estimate of drug-likeness (QED) is 0.406. The monoisotopic (exact) mass is 514 g/mol. The van der Waals surface area contributed by atoms with Gasteiger partial charge < -0.3 is 15.4 Å². The summed E-state index contributed by atoms with van der Waals surface area (Å²) < 4.78 is 6.11. The van der Waals surface area contributed by atoms with Crippen molar-refractivity contribution in [2.24, 2.45) is 0 Å². The molecule has 2 heterocycles. The van der Waals surface area contributed by atoms with E-state index in [0.717, 1.165) is 29.7 Å². The van der Waals surface area contributed by atoms with E-state index in [0.29, 0.717) is 31.2 Å². The average molecular weight is 515 g/mol. The molecule has 1 saturated heterocycles. The van der Waals surface area contributed by atoms with Crippen LogP contribution in [0.15, 0.2) is 48.5 Å². The van der Waals surface area contributed by atoms with E-state index in [1.807, 2.05) is 70.2 Å². The Balaban J connectivity index is 1.60. The van der Waals surface area contributed by atoms with Crippen LogP contribution in [0, 0.1) is 17.8 Å². The predicted octanol–water partition coefficient (Wildman–Crippen LogP) is 5.49. The van der Waals surface area contributed by atoms with Gasteiger partial charge >= 0.3 is 0 Å². The van der Waals surface area contributed by atoms with Crippen molar-refractivity contribution in [3.8, 4) is 18.1 Å². The van der Waals surface area contributed by atoms with E-state index in [9.17, 15) is 9.59 Å². The molecule has 0 saturated carbocycles. The van der Waals surface area contributed by atoms with E-state index in [2.05, 4.69) is 16.6 Å². The number of guanidine groups is 1. The number of nitrogens with one attached hydrogen (secondary N) is 3. The number of carbonyl (C=O) groups is 2. The SMILES string of the molecule is C#CCC[C@@H](c1cccc(C(=O)NC2CC(C)(C)Oc3ccccc32)c1)N1C(=N)NC(CC)(CC)CC1=O. The van der Waals surface area contributed by atoms with Crippen molar-refractivity contribution in [3.05, 3.63) is 65.2 Å². The van der Waals surface area contributed by atoms with Gasteiger partial charge in [-0.15, -0.1) is 12.3 Å². The second-order valence-electron chi connectivity index (χ2n) is 10.9. The Hall–Kier alpha value is -3.79. The summed E-state index contributed by atoms with van der Waals surface area (Å²) in [7, 11) is 0. The minimum atomic E-state index is -0.444. The van der Waals surface area contributed by atoms with Crippen molar-refractivity contribution in [3.63, 3.8) is 0 Å². The molecule has 2 atom stereocenters. The molecule has 7 heteroatoms. The molecule has 2 aliphatic heterocycles. The van der Waals surface area contributed by atoms with Gasteiger partial charge in [-0.3, -0.25) is 19.9 Å². The van der Waals surface area contributed by atoms with E-state index in [1.54, 1.807) is 6.07 Å². The third kappa shape index (κ3) is 5.55. The standard InChI is InChI=1S/C31H38N4O3/c1-6-9-16-25(35-27(36)20-31(7-2,8-3)34-29(35)32)21-13-12-14-22(18-21)28(37)33-24-19-30(4,5)38-26-17-11-10-15-23(24)26/h1,10-15,17-18,24-25H,7-9,16,19-20H2,2-5H3,(H2,32,34)(H,33,37)/t24?,25-/m0/s1. The Morgan fingerprint density at radius 1 is 1.24 bits per heavy atom. The first-order valence-electron chi connectivity index (χ1n) is 13.4. The highest BCUT2D eigenvalue weighted by Crippen LogP contribution is 2.39. The lowest BCUT2D eigenvalue weighted by Gasteiger charge is -2.45. The van der Waals surface area contributed by atoms with Gasteiger partial charge in [0.2, 0.25) is 5.91 Å². The Bertz CT molecular complexity index is 1240. The van der Waals surface area contributed by atoms with Crippen molar-refractivity contribution in [2.75, 3.05) is 0 Å². The number of rotatable bonds is 8. The van der Waals surface area contributed by atoms with E-state index in [-0.39, 0.29) is 23.8 Å². The number of hydrogen-bond donors (Lipinski definition) is 3. The van der Waals surface area contributed by atoms with Gasteiger partial charge in [0.15, 0.2) is 5.96 Å². The maximum atomic E-state index is 13.5. The average Bonchev–Trinajstić information content (AvgIpc) is 2.89. The summed E-state index contributed by atoms with van der Waals surface area (Å²) in [6.45, 7) is 8.09. The highest BCUT2D eigenvalue weighted by Gasteiger charge is 2.42. The molecule has 38 heavy (non-hydrogen) atoms. The molecule has 0 radical (unpaired) electrons. The summed E-state index contributed by atoms with van der Waals surface area (Å²) in [5.74, 6) is 3.23. The van der Waals surface area contributed by atoms with E-state index in [1.165, 1.54) is 4.90 Å². The van der Waals surface area contributed by atoms with Gasteiger partial charge in [-0.25, -0.2) is 0 Å². The number of benzene rings is 2. The summed E-state index contributed by atoms with van der Waals surface area (Å²) in [5.41, 5.74) is 1.41. The van der Waals surface area contributed by atoms with Crippen molar-refractivity contribution >= 4 is 17.8 Å². The van der Waals surface area contributed by atoms with Gasteiger partial charge in [-0.2, -0.15) is 0 Å². The predicted molar refractivity (Wildman–Crippen MR) is 149 cm³/mol. The molecular weight excluding hydrogens is 476 g/mol. The first-order chi connectivity index (χ1) is 18.1. The Morgan fingerprint density at radius 2 is 1.97 bits per heavy atom. The normalized spacial score (nSPS) is 20.4. The Labute approximate surface area is 225 Å². The fraction of sp³-hybridized carbons (Fsp3) is 0.452. The van der Waals surface area contributed by atoms with E-state index in [4.69, 9.17) is 16.6 Å². The van der Waals surface area contributed by atoms with Crippen molar-refractivity contribution in [1.82, 2.24) is 15.5 Å². The fourth-order valence-electron chi connectivity index (χ4n) is 5.59.